The van der Waals surface area contributed by atoms with E-state index in [0.717, 1.165) is 24.8 Å². The Morgan fingerprint density at radius 1 is 1.33 bits per heavy atom. The number of benzene rings is 1. The molecule has 1 aromatic carbocycles. The van der Waals surface area contributed by atoms with Gasteiger partial charge < -0.3 is 5.32 Å². The minimum absolute atomic E-state index is 0.145. The van der Waals surface area contributed by atoms with Gasteiger partial charge in [0, 0.05) is 10.4 Å². The highest BCUT2D eigenvalue weighted by atomic mass is 32.1. The van der Waals surface area contributed by atoms with E-state index in [1.807, 2.05) is 24.3 Å². The Morgan fingerprint density at radius 2 is 2.04 bits per heavy atom. The van der Waals surface area contributed by atoms with Gasteiger partial charge in [0.15, 0.2) is 0 Å². The molecule has 24 heavy (non-hydrogen) atoms. The van der Waals surface area contributed by atoms with Crippen LogP contribution in [-0.2, 0) is 12.8 Å². The SMILES string of the molecule is CC(C)c1ccc(C(=O)Nc2sc3c(c2C#N)CC[C@H](C)C3)cc1. The molecule has 1 aliphatic carbocycles. The lowest BCUT2D eigenvalue weighted by Crippen LogP contribution is -2.12. The maximum absolute atomic E-state index is 12.5. The summed E-state index contributed by atoms with van der Waals surface area (Å²) in [4.78, 5) is 13.8. The minimum Gasteiger partial charge on any atom is -0.312 e. The third kappa shape index (κ3) is 3.22. The van der Waals surface area contributed by atoms with Crippen molar-refractivity contribution in [2.45, 2.75) is 46.0 Å². The Balaban J connectivity index is 1.83. The number of carbonyl (C=O) groups is 1. The fourth-order valence-corrected chi connectivity index (χ4v) is 4.51. The van der Waals surface area contributed by atoms with E-state index in [1.54, 1.807) is 11.3 Å². The number of rotatable bonds is 3. The van der Waals surface area contributed by atoms with Gasteiger partial charge in [-0.3, -0.25) is 4.79 Å². The first kappa shape index (κ1) is 16.7. The van der Waals surface area contributed by atoms with Crippen LogP contribution in [0.25, 0.3) is 0 Å². The van der Waals surface area contributed by atoms with Crippen molar-refractivity contribution in [3.05, 3.63) is 51.4 Å². The molecule has 1 amide bonds. The van der Waals surface area contributed by atoms with Gasteiger partial charge in [-0.2, -0.15) is 5.26 Å². The molecular weight excluding hydrogens is 316 g/mol. The molecule has 1 aliphatic rings. The van der Waals surface area contributed by atoms with Gasteiger partial charge in [-0.1, -0.05) is 32.9 Å². The zero-order valence-corrected chi connectivity index (χ0v) is 15.2. The predicted octanol–water partition coefficient (Wildman–Crippen LogP) is 5.12. The number of nitriles is 1. The highest BCUT2D eigenvalue weighted by Gasteiger charge is 2.24. The largest absolute Gasteiger partial charge is 0.312 e. The van der Waals surface area contributed by atoms with E-state index in [0.29, 0.717) is 28.0 Å². The van der Waals surface area contributed by atoms with Crippen molar-refractivity contribution in [1.29, 1.82) is 5.26 Å². The van der Waals surface area contributed by atoms with Crippen molar-refractivity contribution in [2.75, 3.05) is 5.32 Å². The van der Waals surface area contributed by atoms with E-state index in [1.165, 1.54) is 10.4 Å². The second kappa shape index (κ2) is 6.78. The van der Waals surface area contributed by atoms with Crippen LogP contribution in [-0.4, -0.2) is 5.91 Å². The summed E-state index contributed by atoms with van der Waals surface area (Å²) < 4.78 is 0. The molecule has 0 radical (unpaired) electrons. The number of carbonyl (C=O) groups excluding carboxylic acids is 1. The molecule has 3 nitrogen and oxygen atoms in total. The maximum Gasteiger partial charge on any atom is 0.256 e. The van der Waals surface area contributed by atoms with Crippen LogP contribution < -0.4 is 5.32 Å². The first-order valence-electron chi connectivity index (χ1n) is 8.45. The summed E-state index contributed by atoms with van der Waals surface area (Å²) in [6, 6.07) is 9.99. The summed E-state index contributed by atoms with van der Waals surface area (Å²) in [6.07, 6.45) is 3.06. The number of hydrogen-bond donors (Lipinski definition) is 1. The van der Waals surface area contributed by atoms with E-state index in [-0.39, 0.29) is 5.91 Å². The minimum atomic E-state index is -0.145. The van der Waals surface area contributed by atoms with Crippen LogP contribution in [0.1, 0.15) is 65.0 Å². The predicted molar refractivity (Wildman–Crippen MR) is 98.7 cm³/mol. The van der Waals surface area contributed by atoms with Crippen LogP contribution >= 0.6 is 11.3 Å². The number of thiophene rings is 1. The summed E-state index contributed by atoms with van der Waals surface area (Å²) in [5, 5.41) is 13.2. The lowest BCUT2D eigenvalue weighted by atomic mass is 9.88. The zero-order valence-electron chi connectivity index (χ0n) is 14.3. The van der Waals surface area contributed by atoms with Gasteiger partial charge in [-0.15, -0.1) is 11.3 Å². The monoisotopic (exact) mass is 338 g/mol. The van der Waals surface area contributed by atoms with Gasteiger partial charge in [-0.05, 0) is 54.4 Å². The Kier molecular flexibility index (Phi) is 4.73. The van der Waals surface area contributed by atoms with Gasteiger partial charge >= 0.3 is 0 Å². The van der Waals surface area contributed by atoms with Crippen LogP contribution in [0.4, 0.5) is 5.00 Å². The molecule has 0 saturated carbocycles. The molecule has 2 aromatic rings. The Bertz CT molecular complexity index is 796. The standard InChI is InChI=1S/C20H22N2OS/c1-12(2)14-5-7-15(8-6-14)19(23)22-20-17(11-21)16-9-4-13(3)10-18(16)24-20/h5-8,12-13H,4,9-10H2,1-3H3,(H,22,23)/t13-/m0/s1. The van der Waals surface area contributed by atoms with Crippen LogP contribution in [0.15, 0.2) is 24.3 Å². The number of amides is 1. The lowest BCUT2D eigenvalue weighted by Gasteiger charge is -2.17. The normalized spacial score (nSPS) is 16.5. The fraction of sp³-hybridized carbons (Fsp3) is 0.400. The van der Waals surface area contributed by atoms with E-state index >= 15 is 0 Å². The third-order valence-corrected chi connectivity index (χ3v) is 5.86. The molecule has 1 atom stereocenters. The maximum atomic E-state index is 12.5. The van der Waals surface area contributed by atoms with Crippen molar-refractivity contribution >= 4 is 22.2 Å². The number of fused-ring (bicyclic) bond motifs is 1. The number of nitrogens with zero attached hydrogens (tertiary/aromatic N) is 1. The molecule has 1 aromatic heterocycles. The molecule has 0 fully saturated rings. The van der Waals surface area contributed by atoms with Gasteiger partial charge in [0.05, 0.1) is 5.56 Å². The Labute approximate surface area is 147 Å². The molecule has 124 valence electrons. The summed E-state index contributed by atoms with van der Waals surface area (Å²) in [6.45, 7) is 6.50. The first-order chi connectivity index (χ1) is 11.5. The van der Waals surface area contributed by atoms with Gasteiger partial charge in [0.1, 0.15) is 11.1 Å². The van der Waals surface area contributed by atoms with Crippen molar-refractivity contribution in [3.63, 3.8) is 0 Å². The topological polar surface area (TPSA) is 52.9 Å². The average Bonchev–Trinajstić information content (AvgIpc) is 2.90. The van der Waals surface area contributed by atoms with Gasteiger partial charge in [0.25, 0.3) is 5.91 Å². The fourth-order valence-electron chi connectivity index (χ4n) is 3.15. The molecule has 0 aliphatic heterocycles. The van der Waals surface area contributed by atoms with Crippen LogP contribution in [0.3, 0.4) is 0 Å². The molecule has 0 saturated heterocycles. The van der Waals surface area contributed by atoms with E-state index < -0.39 is 0 Å². The molecular formula is C20H22N2OS. The highest BCUT2D eigenvalue weighted by molar-refractivity contribution is 7.16. The number of nitrogens with one attached hydrogen (secondary N) is 1. The average molecular weight is 338 g/mol. The van der Waals surface area contributed by atoms with Crippen molar-refractivity contribution in [2.24, 2.45) is 5.92 Å². The number of anilines is 1. The summed E-state index contributed by atoms with van der Waals surface area (Å²) >= 11 is 1.57. The van der Waals surface area contributed by atoms with Crippen molar-refractivity contribution < 1.29 is 4.79 Å². The molecule has 0 spiro atoms. The van der Waals surface area contributed by atoms with E-state index in [2.05, 4.69) is 32.2 Å². The zero-order chi connectivity index (χ0) is 17.3. The Hall–Kier alpha value is -2.12. The highest BCUT2D eigenvalue weighted by Crippen LogP contribution is 2.39. The summed E-state index contributed by atoms with van der Waals surface area (Å²) in [7, 11) is 0. The second-order valence-corrected chi connectivity index (χ2v) is 8.00. The van der Waals surface area contributed by atoms with E-state index in [9.17, 15) is 10.1 Å². The summed E-state index contributed by atoms with van der Waals surface area (Å²) in [5.41, 5.74) is 3.65. The molecule has 1 N–H and O–H groups in total. The molecule has 1 heterocycles. The molecule has 0 bridgehead atoms. The lowest BCUT2D eigenvalue weighted by molar-refractivity contribution is 0.102. The first-order valence-corrected chi connectivity index (χ1v) is 9.27. The molecule has 0 unspecified atom stereocenters. The Morgan fingerprint density at radius 3 is 2.67 bits per heavy atom. The molecule has 4 heteroatoms. The van der Waals surface area contributed by atoms with Gasteiger partial charge in [0.2, 0.25) is 0 Å². The third-order valence-electron chi connectivity index (χ3n) is 4.69. The van der Waals surface area contributed by atoms with Crippen LogP contribution in [0.5, 0.6) is 0 Å². The van der Waals surface area contributed by atoms with E-state index in [4.69, 9.17) is 0 Å². The van der Waals surface area contributed by atoms with Crippen molar-refractivity contribution in [1.82, 2.24) is 0 Å². The van der Waals surface area contributed by atoms with Crippen LogP contribution in [0, 0.1) is 17.2 Å². The second-order valence-electron chi connectivity index (χ2n) is 6.90. The summed E-state index contributed by atoms with van der Waals surface area (Å²) in [5.74, 6) is 0.946. The smallest absolute Gasteiger partial charge is 0.256 e. The van der Waals surface area contributed by atoms with Gasteiger partial charge in [-0.25, -0.2) is 0 Å². The number of hydrogen-bond acceptors (Lipinski definition) is 3. The van der Waals surface area contributed by atoms with Crippen LogP contribution in [0.2, 0.25) is 0 Å². The quantitative estimate of drug-likeness (QED) is 0.844. The van der Waals surface area contributed by atoms with Crippen molar-refractivity contribution in [3.8, 4) is 6.07 Å². The molecule has 3 rings (SSSR count).